The Hall–Kier alpha value is -0.630. The van der Waals surface area contributed by atoms with Crippen molar-refractivity contribution in [3.8, 4) is 0 Å². The summed E-state index contributed by atoms with van der Waals surface area (Å²) in [6, 6.07) is 4.06. The van der Waals surface area contributed by atoms with Crippen molar-refractivity contribution in [3.63, 3.8) is 0 Å². The monoisotopic (exact) mass is 272 g/mol. The highest BCUT2D eigenvalue weighted by Crippen LogP contribution is 2.42. The van der Waals surface area contributed by atoms with E-state index in [-0.39, 0.29) is 10.8 Å². The quantitative estimate of drug-likeness (QED) is 0.673. The highest BCUT2D eigenvalue weighted by atomic mass is 35.5. The molecule has 0 radical (unpaired) electrons. The molecule has 0 saturated heterocycles. The lowest BCUT2D eigenvalue weighted by atomic mass is 9.72. The molecule has 0 heterocycles. The summed E-state index contributed by atoms with van der Waals surface area (Å²) >= 11 is 6.51. The molecule has 0 spiro atoms. The molecule has 18 heavy (non-hydrogen) atoms. The molecule has 0 N–H and O–H groups in total. The fourth-order valence-electron chi connectivity index (χ4n) is 2.79. The first-order valence-corrected chi connectivity index (χ1v) is 7.03. The molecular weight excluding hydrogens is 254 g/mol. The lowest BCUT2D eigenvalue weighted by Gasteiger charge is -2.37. The first-order valence-electron chi connectivity index (χ1n) is 6.59. The van der Waals surface area contributed by atoms with Gasteiger partial charge in [-0.3, -0.25) is 0 Å². The minimum Gasteiger partial charge on any atom is -0.204 e. The van der Waals surface area contributed by atoms with E-state index in [1.165, 1.54) is 31.4 Å². The topological polar surface area (TPSA) is 0 Å². The van der Waals surface area contributed by atoms with Crippen molar-refractivity contribution in [2.24, 2.45) is 5.41 Å². The Morgan fingerprint density at radius 1 is 1.17 bits per heavy atom. The second-order valence-electron chi connectivity index (χ2n) is 5.63. The fourth-order valence-corrected chi connectivity index (χ4v) is 3.19. The minimum atomic E-state index is -0.797. The summed E-state index contributed by atoms with van der Waals surface area (Å²) in [5, 5.41) is -0.0114. The Kier molecular flexibility index (Phi) is 4.26. The van der Waals surface area contributed by atoms with Gasteiger partial charge in [0, 0.05) is 5.38 Å². The average Bonchev–Trinajstić information content (AvgIpc) is 2.35. The van der Waals surface area contributed by atoms with Crippen molar-refractivity contribution < 1.29 is 8.78 Å². The van der Waals surface area contributed by atoms with Crippen molar-refractivity contribution in [2.75, 3.05) is 0 Å². The van der Waals surface area contributed by atoms with E-state index >= 15 is 0 Å². The Bertz CT molecular complexity index is 411. The maximum Gasteiger partial charge on any atom is 0.159 e. The Morgan fingerprint density at radius 3 is 2.44 bits per heavy atom. The first kappa shape index (κ1) is 13.8. The summed E-state index contributed by atoms with van der Waals surface area (Å²) in [5.74, 6) is -1.58. The van der Waals surface area contributed by atoms with Gasteiger partial charge in [-0.2, -0.15) is 0 Å². The molecule has 1 aromatic carbocycles. The summed E-state index contributed by atoms with van der Waals surface area (Å²) in [4.78, 5) is 0. The maximum absolute atomic E-state index is 13.1. The van der Waals surface area contributed by atoms with Crippen molar-refractivity contribution in [2.45, 2.75) is 50.8 Å². The normalized spacial score (nSPS) is 20.7. The van der Waals surface area contributed by atoms with Crippen LogP contribution >= 0.6 is 11.6 Å². The third-order valence-electron chi connectivity index (χ3n) is 4.15. The lowest BCUT2D eigenvalue weighted by Crippen LogP contribution is -2.32. The summed E-state index contributed by atoms with van der Waals surface area (Å²) in [7, 11) is 0. The van der Waals surface area contributed by atoms with E-state index in [1.807, 2.05) is 0 Å². The molecule has 0 nitrogen and oxygen atoms in total. The van der Waals surface area contributed by atoms with Crippen LogP contribution in [-0.2, 0) is 6.42 Å². The van der Waals surface area contributed by atoms with Crippen LogP contribution in [0.3, 0.4) is 0 Å². The van der Waals surface area contributed by atoms with E-state index in [1.54, 1.807) is 6.07 Å². The predicted octanol–water partition coefficient (Wildman–Crippen LogP) is 5.09. The molecule has 0 amide bonds. The largest absolute Gasteiger partial charge is 0.204 e. The van der Waals surface area contributed by atoms with Gasteiger partial charge in [-0.25, -0.2) is 8.78 Å². The van der Waals surface area contributed by atoms with Crippen LogP contribution in [0, 0.1) is 17.0 Å². The van der Waals surface area contributed by atoms with Crippen molar-refractivity contribution in [3.05, 3.63) is 35.4 Å². The molecule has 0 aromatic heterocycles. The van der Waals surface area contributed by atoms with Crippen LogP contribution in [0.25, 0.3) is 0 Å². The van der Waals surface area contributed by atoms with E-state index in [0.29, 0.717) is 6.42 Å². The molecule has 0 aliphatic heterocycles. The maximum atomic E-state index is 13.1. The van der Waals surface area contributed by atoms with Crippen LogP contribution < -0.4 is 0 Å². The van der Waals surface area contributed by atoms with Crippen molar-refractivity contribution >= 4 is 11.6 Å². The standard InChI is InChI=1S/C15H19ClF2/c1-15(7-3-2-4-8-15)14(16)10-11-5-6-12(17)13(18)9-11/h5-6,9,14H,2-4,7-8,10H2,1H3. The van der Waals surface area contributed by atoms with E-state index in [2.05, 4.69) is 6.92 Å². The molecule has 100 valence electrons. The highest BCUT2D eigenvalue weighted by molar-refractivity contribution is 6.21. The molecule has 1 atom stereocenters. The van der Waals surface area contributed by atoms with Crippen LogP contribution in [0.2, 0.25) is 0 Å². The molecule has 1 aliphatic carbocycles. The van der Waals surface area contributed by atoms with Gasteiger partial charge in [0.1, 0.15) is 0 Å². The SMILES string of the molecule is CC1(C(Cl)Cc2ccc(F)c(F)c2)CCCCC1. The third-order valence-corrected chi connectivity index (χ3v) is 4.83. The van der Waals surface area contributed by atoms with E-state index in [9.17, 15) is 8.78 Å². The van der Waals surface area contributed by atoms with Crippen LogP contribution in [0.5, 0.6) is 0 Å². The molecule has 1 fully saturated rings. The van der Waals surface area contributed by atoms with E-state index in [0.717, 1.165) is 18.4 Å². The highest BCUT2D eigenvalue weighted by Gasteiger charge is 2.34. The third kappa shape index (κ3) is 3.03. The second-order valence-corrected chi connectivity index (χ2v) is 6.16. The van der Waals surface area contributed by atoms with Gasteiger partial charge in [-0.15, -0.1) is 11.6 Å². The van der Waals surface area contributed by atoms with Gasteiger partial charge < -0.3 is 0 Å². The molecule has 1 saturated carbocycles. The lowest BCUT2D eigenvalue weighted by molar-refractivity contribution is 0.205. The van der Waals surface area contributed by atoms with Crippen LogP contribution in [0.15, 0.2) is 18.2 Å². The van der Waals surface area contributed by atoms with Crippen LogP contribution in [0.4, 0.5) is 8.78 Å². The predicted molar refractivity (Wildman–Crippen MR) is 70.9 cm³/mol. The number of halogens is 3. The fraction of sp³-hybridized carbons (Fsp3) is 0.600. The summed E-state index contributed by atoms with van der Waals surface area (Å²) < 4.78 is 26.0. The zero-order chi connectivity index (χ0) is 13.2. The first-order chi connectivity index (χ1) is 8.51. The summed E-state index contributed by atoms with van der Waals surface area (Å²) in [6.07, 6.45) is 6.59. The zero-order valence-electron chi connectivity index (χ0n) is 10.7. The Balaban J connectivity index is 2.05. The number of rotatable bonds is 3. The van der Waals surface area contributed by atoms with Crippen molar-refractivity contribution in [1.29, 1.82) is 0 Å². The van der Waals surface area contributed by atoms with Gasteiger partial charge in [0.2, 0.25) is 0 Å². The van der Waals surface area contributed by atoms with Gasteiger partial charge in [0.05, 0.1) is 0 Å². The second kappa shape index (κ2) is 5.56. The molecular formula is C15H19ClF2. The van der Waals surface area contributed by atoms with E-state index in [4.69, 9.17) is 11.6 Å². The smallest absolute Gasteiger partial charge is 0.159 e. The van der Waals surface area contributed by atoms with Gasteiger partial charge in [0.15, 0.2) is 11.6 Å². The number of benzene rings is 1. The number of hydrogen-bond donors (Lipinski definition) is 0. The van der Waals surface area contributed by atoms with Gasteiger partial charge in [0.25, 0.3) is 0 Å². The average molecular weight is 273 g/mol. The van der Waals surface area contributed by atoms with Crippen LogP contribution in [-0.4, -0.2) is 5.38 Å². The number of alkyl halides is 1. The van der Waals surface area contributed by atoms with Gasteiger partial charge >= 0.3 is 0 Å². The van der Waals surface area contributed by atoms with Crippen molar-refractivity contribution in [1.82, 2.24) is 0 Å². The molecule has 3 heteroatoms. The molecule has 1 aliphatic rings. The molecule has 1 unspecified atom stereocenters. The molecule has 2 rings (SSSR count). The Morgan fingerprint density at radius 2 is 1.83 bits per heavy atom. The van der Waals surface area contributed by atoms with Crippen LogP contribution in [0.1, 0.15) is 44.6 Å². The molecule has 0 bridgehead atoms. The van der Waals surface area contributed by atoms with Gasteiger partial charge in [-0.1, -0.05) is 32.3 Å². The minimum absolute atomic E-state index is 0.0114. The summed E-state index contributed by atoms with van der Waals surface area (Å²) in [6.45, 7) is 2.21. The molecule has 1 aromatic rings. The van der Waals surface area contributed by atoms with Gasteiger partial charge in [-0.05, 0) is 42.4 Å². The summed E-state index contributed by atoms with van der Waals surface area (Å²) in [5.41, 5.74) is 0.908. The van der Waals surface area contributed by atoms with E-state index < -0.39 is 11.6 Å². The number of hydrogen-bond acceptors (Lipinski definition) is 0. The Labute approximate surface area is 112 Å². The zero-order valence-corrected chi connectivity index (χ0v) is 11.4.